The zero-order valence-electron chi connectivity index (χ0n) is 18.1. The van der Waals surface area contributed by atoms with Crippen molar-refractivity contribution in [1.29, 1.82) is 0 Å². The number of carbonyl (C=O) groups is 1. The fourth-order valence-electron chi connectivity index (χ4n) is 3.34. The molecule has 0 bridgehead atoms. The van der Waals surface area contributed by atoms with Crippen molar-refractivity contribution in [2.45, 2.75) is 19.8 Å². The van der Waals surface area contributed by atoms with Gasteiger partial charge in [0.1, 0.15) is 29.4 Å². The minimum Gasteiger partial charge on any atom is -0.496 e. The molecular weight excluding hydrogens is 396 g/mol. The lowest BCUT2D eigenvalue weighted by Gasteiger charge is -2.22. The van der Waals surface area contributed by atoms with Gasteiger partial charge in [-0.2, -0.15) is 0 Å². The van der Waals surface area contributed by atoms with Crippen LogP contribution in [0, 0.1) is 6.92 Å². The van der Waals surface area contributed by atoms with E-state index >= 15 is 0 Å². The Bertz CT molecular complexity index is 998. The molecule has 0 fully saturated rings. The summed E-state index contributed by atoms with van der Waals surface area (Å²) in [7, 11) is 4.60. The third-order valence-electron chi connectivity index (χ3n) is 4.79. The minimum atomic E-state index is -0.688. The standard InChI is InChI=1S/C25H26O6/c1-17-22(24(26)31-19-13-9-6-10-14-19)21(30-16-18-11-7-5-8-12-18)15-20(23(17)27-2)25(28-3)29-4/h5-15,25H,16H2,1-4H3. The predicted octanol–water partition coefficient (Wildman–Crippen LogP) is 5.09. The van der Waals surface area contributed by atoms with Gasteiger partial charge in [0.05, 0.1) is 12.7 Å². The highest BCUT2D eigenvalue weighted by atomic mass is 16.7. The van der Waals surface area contributed by atoms with Gasteiger partial charge in [0.15, 0.2) is 6.29 Å². The molecule has 0 aliphatic rings. The Labute approximate surface area is 182 Å². The van der Waals surface area contributed by atoms with Crippen LogP contribution in [0.5, 0.6) is 17.2 Å². The number of hydrogen-bond acceptors (Lipinski definition) is 6. The highest BCUT2D eigenvalue weighted by Gasteiger charge is 2.27. The maximum atomic E-state index is 13.1. The van der Waals surface area contributed by atoms with Gasteiger partial charge >= 0.3 is 5.97 Å². The van der Waals surface area contributed by atoms with E-state index in [-0.39, 0.29) is 12.2 Å². The van der Waals surface area contributed by atoms with Crippen molar-refractivity contribution in [2.24, 2.45) is 0 Å². The summed E-state index contributed by atoms with van der Waals surface area (Å²) in [6.45, 7) is 2.06. The average Bonchev–Trinajstić information content (AvgIpc) is 2.79. The molecule has 3 aromatic carbocycles. The number of carbonyl (C=O) groups excluding carboxylic acids is 1. The Morgan fingerprint density at radius 1 is 0.903 bits per heavy atom. The van der Waals surface area contributed by atoms with Crippen LogP contribution in [-0.4, -0.2) is 27.3 Å². The molecular formula is C25H26O6. The summed E-state index contributed by atoms with van der Waals surface area (Å²) in [6.07, 6.45) is -0.688. The predicted molar refractivity (Wildman–Crippen MR) is 117 cm³/mol. The van der Waals surface area contributed by atoms with Crippen LogP contribution < -0.4 is 14.2 Å². The van der Waals surface area contributed by atoms with Gasteiger partial charge in [-0.05, 0) is 30.7 Å². The van der Waals surface area contributed by atoms with Gasteiger partial charge in [-0.15, -0.1) is 0 Å². The molecule has 0 heterocycles. The number of ether oxygens (including phenoxy) is 5. The van der Waals surface area contributed by atoms with Crippen LogP contribution in [0.2, 0.25) is 0 Å². The smallest absolute Gasteiger partial charge is 0.347 e. The molecule has 6 nitrogen and oxygen atoms in total. The molecule has 3 rings (SSSR count). The van der Waals surface area contributed by atoms with Crippen molar-refractivity contribution in [3.8, 4) is 17.2 Å². The zero-order chi connectivity index (χ0) is 22.2. The second-order valence-electron chi connectivity index (χ2n) is 6.78. The van der Waals surface area contributed by atoms with E-state index in [0.717, 1.165) is 5.56 Å². The normalized spacial score (nSPS) is 10.7. The molecule has 0 radical (unpaired) electrons. The van der Waals surface area contributed by atoms with Crippen LogP contribution in [0.3, 0.4) is 0 Å². The minimum absolute atomic E-state index is 0.280. The number of para-hydroxylation sites is 1. The largest absolute Gasteiger partial charge is 0.496 e. The maximum absolute atomic E-state index is 13.1. The molecule has 0 saturated carbocycles. The molecule has 0 saturated heterocycles. The van der Waals surface area contributed by atoms with Crippen LogP contribution in [0.1, 0.15) is 33.3 Å². The van der Waals surface area contributed by atoms with E-state index in [9.17, 15) is 4.79 Å². The number of hydrogen-bond donors (Lipinski definition) is 0. The monoisotopic (exact) mass is 422 g/mol. The lowest BCUT2D eigenvalue weighted by molar-refractivity contribution is -0.107. The van der Waals surface area contributed by atoms with E-state index in [1.54, 1.807) is 37.3 Å². The summed E-state index contributed by atoms with van der Waals surface area (Å²) in [5, 5.41) is 0. The number of esters is 1. The maximum Gasteiger partial charge on any atom is 0.347 e. The van der Waals surface area contributed by atoms with Crippen molar-refractivity contribution in [1.82, 2.24) is 0 Å². The molecule has 0 amide bonds. The molecule has 3 aromatic rings. The van der Waals surface area contributed by atoms with Gasteiger partial charge in [0.2, 0.25) is 0 Å². The second kappa shape index (κ2) is 10.6. The van der Waals surface area contributed by atoms with Gasteiger partial charge in [0.25, 0.3) is 0 Å². The molecule has 0 unspecified atom stereocenters. The lowest BCUT2D eigenvalue weighted by Crippen LogP contribution is -2.16. The van der Waals surface area contributed by atoms with E-state index in [0.29, 0.717) is 28.4 Å². The van der Waals surface area contributed by atoms with Crippen LogP contribution >= 0.6 is 0 Å². The van der Waals surface area contributed by atoms with E-state index in [1.165, 1.54) is 21.3 Å². The topological polar surface area (TPSA) is 63.2 Å². The van der Waals surface area contributed by atoms with E-state index in [1.807, 2.05) is 36.4 Å². The average molecular weight is 422 g/mol. The van der Waals surface area contributed by atoms with Crippen LogP contribution in [0.15, 0.2) is 66.7 Å². The molecule has 31 heavy (non-hydrogen) atoms. The second-order valence-corrected chi connectivity index (χ2v) is 6.78. The summed E-state index contributed by atoms with van der Waals surface area (Å²) < 4.78 is 28.1. The van der Waals surface area contributed by atoms with Crippen LogP contribution in [0.4, 0.5) is 0 Å². The van der Waals surface area contributed by atoms with Crippen molar-refractivity contribution in [2.75, 3.05) is 21.3 Å². The van der Waals surface area contributed by atoms with Crippen LogP contribution in [-0.2, 0) is 16.1 Å². The van der Waals surface area contributed by atoms with Crippen molar-refractivity contribution < 1.29 is 28.5 Å². The molecule has 0 atom stereocenters. The van der Waals surface area contributed by atoms with Crippen molar-refractivity contribution in [3.63, 3.8) is 0 Å². The molecule has 162 valence electrons. The summed E-state index contributed by atoms with van der Waals surface area (Å²) in [6, 6.07) is 20.3. The Kier molecular flexibility index (Phi) is 7.65. The first kappa shape index (κ1) is 22.3. The number of rotatable bonds is 9. The molecule has 6 heteroatoms. The van der Waals surface area contributed by atoms with Gasteiger partial charge in [-0.1, -0.05) is 48.5 Å². The fraction of sp³-hybridized carbons (Fsp3) is 0.240. The van der Waals surface area contributed by atoms with E-state index in [4.69, 9.17) is 23.7 Å². The summed E-state index contributed by atoms with van der Waals surface area (Å²) in [5.74, 6) is 0.733. The van der Waals surface area contributed by atoms with Crippen molar-refractivity contribution >= 4 is 5.97 Å². The van der Waals surface area contributed by atoms with Gasteiger partial charge in [-0.3, -0.25) is 0 Å². The summed E-state index contributed by atoms with van der Waals surface area (Å²) in [4.78, 5) is 13.1. The summed E-state index contributed by atoms with van der Waals surface area (Å²) >= 11 is 0. The molecule has 0 aliphatic carbocycles. The first-order valence-electron chi connectivity index (χ1n) is 9.80. The van der Waals surface area contributed by atoms with E-state index in [2.05, 4.69) is 0 Å². The quantitative estimate of drug-likeness (QED) is 0.272. The highest BCUT2D eigenvalue weighted by Crippen LogP contribution is 2.39. The highest BCUT2D eigenvalue weighted by molar-refractivity contribution is 5.96. The molecule has 0 aliphatic heterocycles. The number of methoxy groups -OCH3 is 3. The SMILES string of the molecule is COc1c(C(OC)OC)cc(OCc2ccccc2)c(C(=O)Oc2ccccc2)c1C. The van der Waals surface area contributed by atoms with E-state index < -0.39 is 12.3 Å². The zero-order valence-corrected chi connectivity index (χ0v) is 18.1. The van der Waals surface area contributed by atoms with Gasteiger partial charge in [-0.25, -0.2) is 4.79 Å². The lowest BCUT2D eigenvalue weighted by atomic mass is 10.0. The van der Waals surface area contributed by atoms with Crippen LogP contribution in [0.25, 0.3) is 0 Å². The third kappa shape index (κ3) is 5.23. The Balaban J connectivity index is 2.05. The van der Waals surface area contributed by atoms with Gasteiger partial charge < -0.3 is 23.7 Å². The Morgan fingerprint density at radius 2 is 1.52 bits per heavy atom. The Morgan fingerprint density at radius 3 is 2.10 bits per heavy atom. The molecule has 0 N–H and O–H groups in total. The van der Waals surface area contributed by atoms with Gasteiger partial charge in [0, 0.05) is 19.8 Å². The fourth-order valence-corrected chi connectivity index (χ4v) is 3.34. The first-order valence-corrected chi connectivity index (χ1v) is 9.80. The molecule has 0 aromatic heterocycles. The molecule has 0 spiro atoms. The van der Waals surface area contributed by atoms with Crippen molar-refractivity contribution in [3.05, 3.63) is 89.0 Å². The third-order valence-corrected chi connectivity index (χ3v) is 4.79. The first-order chi connectivity index (χ1) is 15.1. The Hall–Kier alpha value is -3.35. The number of benzene rings is 3. The summed E-state index contributed by atoms with van der Waals surface area (Å²) in [5.41, 5.74) is 2.44.